The van der Waals surface area contributed by atoms with Gasteiger partial charge in [0.05, 0.1) is 15.8 Å². The van der Waals surface area contributed by atoms with Crippen molar-refractivity contribution in [2.75, 3.05) is 18.0 Å². The van der Waals surface area contributed by atoms with Gasteiger partial charge in [-0.25, -0.2) is 9.97 Å². The van der Waals surface area contributed by atoms with E-state index >= 15 is 0 Å². The summed E-state index contributed by atoms with van der Waals surface area (Å²) in [7, 11) is 0. The highest BCUT2D eigenvalue weighted by molar-refractivity contribution is 7.17. The average molecular weight is 323 g/mol. The minimum atomic E-state index is -0.151. The Balaban J connectivity index is 1.62. The summed E-state index contributed by atoms with van der Waals surface area (Å²) in [5, 5.41) is 2.82. The van der Waals surface area contributed by atoms with E-state index in [-0.39, 0.29) is 5.91 Å². The Morgan fingerprint density at radius 3 is 2.86 bits per heavy atom. The minimum Gasteiger partial charge on any atom is -0.357 e. The lowest BCUT2D eigenvalue weighted by atomic mass is 10.4. The third-order valence-electron chi connectivity index (χ3n) is 3.32. The highest BCUT2D eigenvalue weighted by Crippen LogP contribution is 2.21. The first kappa shape index (κ1) is 14.3. The lowest BCUT2D eigenvalue weighted by Gasteiger charge is -2.16. The Morgan fingerprint density at radius 2 is 2.14 bits per heavy atom. The summed E-state index contributed by atoms with van der Waals surface area (Å²) in [5.74, 6) is 1.41. The van der Waals surface area contributed by atoms with Gasteiger partial charge >= 0.3 is 0 Å². The summed E-state index contributed by atoms with van der Waals surface area (Å²) in [4.78, 5) is 23.5. The molecule has 5 nitrogen and oxygen atoms in total. The maximum Gasteiger partial charge on any atom is 0.261 e. The molecular weight excluding hydrogens is 308 g/mol. The Morgan fingerprint density at radius 1 is 1.33 bits per heavy atom. The standard InChI is InChI=1S/C14H15ClN4OS/c15-11-4-3-10(21-11)14(20)17-9-12-16-6-5-13(18-12)19-7-1-2-8-19/h3-6H,1-2,7-9H2,(H,17,20). The molecule has 0 unspecified atom stereocenters. The first-order valence-corrected chi connectivity index (χ1v) is 8.02. The van der Waals surface area contributed by atoms with Crippen LogP contribution >= 0.6 is 22.9 Å². The van der Waals surface area contributed by atoms with Crippen LogP contribution in [0.25, 0.3) is 0 Å². The second-order valence-corrected chi connectivity index (χ2v) is 6.53. The summed E-state index contributed by atoms with van der Waals surface area (Å²) >= 11 is 7.08. The van der Waals surface area contributed by atoms with Gasteiger partial charge in [0, 0.05) is 19.3 Å². The Labute approximate surface area is 132 Å². The van der Waals surface area contributed by atoms with E-state index in [1.54, 1.807) is 18.3 Å². The number of halogens is 1. The molecule has 2 aromatic rings. The van der Waals surface area contributed by atoms with E-state index in [4.69, 9.17) is 11.6 Å². The summed E-state index contributed by atoms with van der Waals surface area (Å²) in [6.07, 6.45) is 4.15. The second kappa shape index (κ2) is 6.41. The lowest BCUT2D eigenvalue weighted by molar-refractivity contribution is 0.0954. The van der Waals surface area contributed by atoms with Crippen molar-refractivity contribution in [2.24, 2.45) is 0 Å². The number of hydrogen-bond donors (Lipinski definition) is 1. The van der Waals surface area contributed by atoms with Crippen molar-refractivity contribution in [3.63, 3.8) is 0 Å². The smallest absolute Gasteiger partial charge is 0.261 e. The largest absolute Gasteiger partial charge is 0.357 e. The molecule has 0 radical (unpaired) electrons. The molecule has 0 aromatic carbocycles. The number of hydrogen-bond acceptors (Lipinski definition) is 5. The summed E-state index contributed by atoms with van der Waals surface area (Å²) in [5.41, 5.74) is 0. The van der Waals surface area contributed by atoms with E-state index in [0.29, 0.717) is 21.6 Å². The van der Waals surface area contributed by atoms with Crippen LogP contribution in [0.3, 0.4) is 0 Å². The van der Waals surface area contributed by atoms with Gasteiger partial charge in [-0.2, -0.15) is 0 Å². The average Bonchev–Trinajstić information content (AvgIpc) is 3.16. The van der Waals surface area contributed by atoms with Crippen molar-refractivity contribution in [1.82, 2.24) is 15.3 Å². The fourth-order valence-corrected chi connectivity index (χ4v) is 3.24. The number of nitrogens with one attached hydrogen (secondary N) is 1. The highest BCUT2D eigenvalue weighted by atomic mass is 35.5. The molecule has 0 bridgehead atoms. The van der Waals surface area contributed by atoms with Crippen molar-refractivity contribution in [2.45, 2.75) is 19.4 Å². The van der Waals surface area contributed by atoms with Crippen LogP contribution in [0, 0.1) is 0 Å². The highest BCUT2D eigenvalue weighted by Gasteiger charge is 2.14. The van der Waals surface area contributed by atoms with Gasteiger partial charge in [0.25, 0.3) is 5.91 Å². The fraction of sp³-hybridized carbons (Fsp3) is 0.357. The predicted molar refractivity (Wildman–Crippen MR) is 84.0 cm³/mol. The molecule has 2 aromatic heterocycles. The van der Waals surface area contributed by atoms with Crippen molar-refractivity contribution in [3.05, 3.63) is 39.4 Å². The quantitative estimate of drug-likeness (QED) is 0.940. The molecule has 3 heterocycles. The van der Waals surface area contributed by atoms with Crippen LogP contribution in [0.4, 0.5) is 5.82 Å². The monoisotopic (exact) mass is 322 g/mol. The van der Waals surface area contributed by atoms with Gasteiger partial charge in [0.1, 0.15) is 11.6 Å². The van der Waals surface area contributed by atoms with Gasteiger partial charge < -0.3 is 10.2 Å². The van der Waals surface area contributed by atoms with Crippen LogP contribution in [-0.2, 0) is 6.54 Å². The molecule has 7 heteroatoms. The first-order chi connectivity index (χ1) is 10.2. The van der Waals surface area contributed by atoms with E-state index in [9.17, 15) is 4.79 Å². The maximum atomic E-state index is 11.9. The number of aromatic nitrogens is 2. The zero-order valence-corrected chi connectivity index (χ0v) is 13.0. The van der Waals surface area contributed by atoms with E-state index < -0.39 is 0 Å². The second-order valence-electron chi connectivity index (χ2n) is 4.81. The van der Waals surface area contributed by atoms with Crippen molar-refractivity contribution in [3.8, 4) is 0 Å². The van der Waals surface area contributed by atoms with Crippen LogP contribution in [-0.4, -0.2) is 29.0 Å². The normalized spacial score (nSPS) is 14.4. The van der Waals surface area contributed by atoms with Crippen LogP contribution in [0.15, 0.2) is 24.4 Å². The molecule has 21 heavy (non-hydrogen) atoms. The minimum absolute atomic E-state index is 0.151. The Kier molecular flexibility index (Phi) is 4.36. The van der Waals surface area contributed by atoms with Crippen molar-refractivity contribution in [1.29, 1.82) is 0 Å². The molecule has 110 valence electrons. The molecule has 1 aliphatic rings. The van der Waals surface area contributed by atoms with Gasteiger partial charge in [0.2, 0.25) is 0 Å². The zero-order chi connectivity index (χ0) is 14.7. The predicted octanol–water partition coefficient (Wildman–Crippen LogP) is 2.72. The van der Waals surface area contributed by atoms with Gasteiger partial charge in [-0.15, -0.1) is 11.3 Å². The lowest BCUT2D eigenvalue weighted by Crippen LogP contribution is -2.24. The first-order valence-electron chi connectivity index (χ1n) is 6.83. The van der Waals surface area contributed by atoms with Gasteiger partial charge in [-0.1, -0.05) is 11.6 Å². The van der Waals surface area contributed by atoms with Gasteiger partial charge in [-0.05, 0) is 31.0 Å². The molecular formula is C14H15ClN4OS. The summed E-state index contributed by atoms with van der Waals surface area (Å²) in [6.45, 7) is 2.39. The molecule has 0 saturated carbocycles. The van der Waals surface area contributed by atoms with E-state index in [1.165, 1.54) is 24.2 Å². The van der Waals surface area contributed by atoms with Crippen LogP contribution in [0.5, 0.6) is 0 Å². The molecule has 1 amide bonds. The van der Waals surface area contributed by atoms with Crippen molar-refractivity contribution < 1.29 is 4.79 Å². The molecule has 1 aliphatic heterocycles. The Bertz CT molecular complexity index is 639. The number of nitrogens with zero attached hydrogens (tertiary/aromatic N) is 3. The number of carbonyl (C=O) groups is 1. The fourth-order valence-electron chi connectivity index (χ4n) is 2.28. The molecule has 0 atom stereocenters. The van der Waals surface area contributed by atoms with Gasteiger partial charge in [-0.3, -0.25) is 4.79 Å². The van der Waals surface area contributed by atoms with E-state index in [0.717, 1.165) is 18.9 Å². The molecule has 3 rings (SSSR count). The Hall–Kier alpha value is -1.66. The molecule has 1 saturated heterocycles. The molecule has 1 fully saturated rings. The maximum absolute atomic E-state index is 11.9. The van der Waals surface area contributed by atoms with E-state index in [1.807, 2.05) is 6.07 Å². The van der Waals surface area contributed by atoms with Crippen LogP contribution < -0.4 is 10.2 Å². The number of anilines is 1. The van der Waals surface area contributed by atoms with Crippen LogP contribution in [0.1, 0.15) is 28.3 Å². The molecule has 0 aliphatic carbocycles. The topological polar surface area (TPSA) is 58.1 Å². The number of amides is 1. The number of rotatable bonds is 4. The SMILES string of the molecule is O=C(NCc1nccc(N2CCCC2)n1)c1ccc(Cl)s1. The summed E-state index contributed by atoms with van der Waals surface area (Å²) in [6, 6.07) is 5.34. The number of thiophene rings is 1. The number of carbonyl (C=O) groups excluding carboxylic acids is 1. The summed E-state index contributed by atoms with van der Waals surface area (Å²) < 4.78 is 0.604. The molecule has 0 spiro atoms. The zero-order valence-electron chi connectivity index (χ0n) is 11.4. The van der Waals surface area contributed by atoms with Gasteiger partial charge in [0.15, 0.2) is 0 Å². The van der Waals surface area contributed by atoms with Crippen LogP contribution in [0.2, 0.25) is 4.34 Å². The van der Waals surface area contributed by atoms with E-state index in [2.05, 4.69) is 20.2 Å². The molecule has 1 N–H and O–H groups in total. The third kappa shape index (κ3) is 3.51. The van der Waals surface area contributed by atoms with Crippen molar-refractivity contribution >= 4 is 34.7 Å². The third-order valence-corrected chi connectivity index (χ3v) is 4.55.